The first-order valence-corrected chi connectivity index (χ1v) is 6.65. The van der Waals surface area contributed by atoms with Crippen LogP contribution in [0.15, 0.2) is 12.3 Å². The van der Waals surface area contributed by atoms with E-state index in [0.29, 0.717) is 12.0 Å². The lowest BCUT2D eigenvalue weighted by Gasteiger charge is -2.32. The van der Waals surface area contributed by atoms with Crippen LogP contribution in [0.5, 0.6) is 0 Å². The van der Waals surface area contributed by atoms with E-state index >= 15 is 0 Å². The molecule has 1 aromatic rings. The summed E-state index contributed by atoms with van der Waals surface area (Å²) in [5.41, 5.74) is 7.09. The van der Waals surface area contributed by atoms with Crippen LogP contribution < -0.4 is 5.73 Å². The third-order valence-corrected chi connectivity index (χ3v) is 3.56. The van der Waals surface area contributed by atoms with Gasteiger partial charge in [-0.1, -0.05) is 0 Å². The number of likely N-dealkylation sites (tertiary alicyclic amines) is 1. The molecule has 2 N–H and O–H groups in total. The summed E-state index contributed by atoms with van der Waals surface area (Å²) in [6.45, 7) is 8.51. The van der Waals surface area contributed by atoms with Crippen LogP contribution in [0.1, 0.15) is 38.4 Å². The van der Waals surface area contributed by atoms with E-state index in [-0.39, 0.29) is 12.4 Å². The Kier molecular flexibility index (Phi) is 6.12. The molecular formula is C13H25ClN4. The normalized spacial score (nSPS) is 21.0. The van der Waals surface area contributed by atoms with Gasteiger partial charge < -0.3 is 5.73 Å². The van der Waals surface area contributed by atoms with Crippen molar-refractivity contribution in [3.05, 3.63) is 18.0 Å². The van der Waals surface area contributed by atoms with E-state index in [1.807, 2.05) is 6.20 Å². The molecule has 1 fully saturated rings. The molecule has 104 valence electrons. The maximum absolute atomic E-state index is 5.77. The molecular weight excluding hydrogens is 248 g/mol. The van der Waals surface area contributed by atoms with Crippen molar-refractivity contribution >= 4 is 12.4 Å². The molecule has 4 nitrogen and oxygen atoms in total. The second-order valence-corrected chi connectivity index (χ2v) is 5.34. The maximum Gasteiger partial charge on any atom is 0.0527 e. The van der Waals surface area contributed by atoms with Crippen molar-refractivity contribution in [1.29, 1.82) is 0 Å². The minimum atomic E-state index is 0. The molecule has 0 amide bonds. The zero-order valence-corrected chi connectivity index (χ0v) is 12.2. The van der Waals surface area contributed by atoms with Crippen molar-refractivity contribution < 1.29 is 0 Å². The summed E-state index contributed by atoms with van der Waals surface area (Å²) in [5.74, 6) is 0.680. The number of nitrogens with zero attached hydrogens (tertiary/aromatic N) is 3. The average molecular weight is 273 g/mol. The number of piperidine rings is 1. The zero-order chi connectivity index (χ0) is 12.3. The maximum atomic E-state index is 5.77. The van der Waals surface area contributed by atoms with Crippen LogP contribution in [0.25, 0.3) is 0 Å². The molecule has 0 aliphatic carbocycles. The number of rotatable bonds is 4. The number of hydrogen-bond donors (Lipinski definition) is 1. The van der Waals surface area contributed by atoms with Gasteiger partial charge in [0.15, 0.2) is 0 Å². The summed E-state index contributed by atoms with van der Waals surface area (Å²) in [5, 5.41) is 4.39. The van der Waals surface area contributed by atoms with Gasteiger partial charge in [0.05, 0.1) is 5.69 Å². The topological polar surface area (TPSA) is 47.1 Å². The van der Waals surface area contributed by atoms with E-state index in [1.165, 1.54) is 25.1 Å². The Labute approximate surface area is 116 Å². The smallest absolute Gasteiger partial charge is 0.0527 e. The minimum absolute atomic E-state index is 0. The van der Waals surface area contributed by atoms with Gasteiger partial charge in [-0.3, -0.25) is 9.58 Å². The lowest BCUT2D eigenvalue weighted by molar-refractivity contribution is 0.166. The molecule has 0 spiro atoms. The van der Waals surface area contributed by atoms with Gasteiger partial charge in [0.25, 0.3) is 0 Å². The van der Waals surface area contributed by atoms with Gasteiger partial charge in [-0.15, -0.1) is 12.4 Å². The van der Waals surface area contributed by atoms with E-state index in [9.17, 15) is 0 Å². The SMILES string of the molecule is CC(C)n1nccc1CN1CCCC(CN)C1.Cl. The Hall–Kier alpha value is -0.580. The Balaban J connectivity index is 0.00000162. The average Bonchev–Trinajstić information content (AvgIpc) is 2.77. The van der Waals surface area contributed by atoms with Crippen molar-refractivity contribution in [2.75, 3.05) is 19.6 Å². The molecule has 1 unspecified atom stereocenters. The molecule has 1 aliphatic rings. The first-order chi connectivity index (χ1) is 8.20. The van der Waals surface area contributed by atoms with Crippen molar-refractivity contribution in [3.8, 4) is 0 Å². The molecule has 0 radical (unpaired) electrons. The molecule has 1 atom stereocenters. The van der Waals surface area contributed by atoms with Crippen molar-refractivity contribution in [2.45, 2.75) is 39.3 Å². The largest absolute Gasteiger partial charge is 0.330 e. The van der Waals surface area contributed by atoms with Crippen molar-refractivity contribution in [2.24, 2.45) is 11.7 Å². The van der Waals surface area contributed by atoms with E-state index < -0.39 is 0 Å². The number of aromatic nitrogens is 2. The Bertz CT molecular complexity index is 351. The summed E-state index contributed by atoms with van der Waals surface area (Å²) >= 11 is 0. The fourth-order valence-corrected chi connectivity index (χ4v) is 2.65. The number of hydrogen-bond acceptors (Lipinski definition) is 3. The molecule has 2 heterocycles. The zero-order valence-electron chi connectivity index (χ0n) is 11.4. The molecule has 1 aromatic heterocycles. The highest BCUT2D eigenvalue weighted by Gasteiger charge is 2.20. The van der Waals surface area contributed by atoms with Gasteiger partial charge in [0.2, 0.25) is 0 Å². The summed E-state index contributed by atoms with van der Waals surface area (Å²) in [6, 6.07) is 2.57. The first kappa shape index (κ1) is 15.5. The van der Waals surface area contributed by atoms with Gasteiger partial charge in [0.1, 0.15) is 0 Å². The first-order valence-electron chi connectivity index (χ1n) is 6.65. The van der Waals surface area contributed by atoms with Crippen molar-refractivity contribution in [3.63, 3.8) is 0 Å². The van der Waals surface area contributed by atoms with Gasteiger partial charge >= 0.3 is 0 Å². The molecule has 2 rings (SSSR count). The second-order valence-electron chi connectivity index (χ2n) is 5.34. The van der Waals surface area contributed by atoms with Crippen LogP contribution in [0.2, 0.25) is 0 Å². The van der Waals surface area contributed by atoms with Crippen LogP contribution >= 0.6 is 12.4 Å². The number of halogens is 1. The Morgan fingerprint density at radius 1 is 1.50 bits per heavy atom. The Morgan fingerprint density at radius 2 is 2.28 bits per heavy atom. The van der Waals surface area contributed by atoms with Crippen LogP contribution in [-0.4, -0.2) is 34.3 Å². The molecule has 1 aliphatic heterocycles. The lowest BCUT2D eigenvalue weighted by Crippen LogP contribution is -2.38. The molecule has 1 saturated heterocycles. The lowest BCUT2D eigenvalue weighted by atomic mass is 9.98. The standard InChI is InChI=1S/C13H24N4.ClH/c1-11(2)17-13(5-6-15-17)10-16-7-3-4-12(8-14)9-16;/h5-6,11-12H,3-4,7-10,14H2,1-2H3;1H. The van der Waals surface area contributed by atoms with Crippen LogP contribution in [0.4, 0.5) is 0 Å². The van der Waals surface area contributed by atoms with E-state index in [4.69, 9.17) is 5.73 Å². The molecule has 0 aromatic carbocycles. The highest BCUT2D eigenvalue weighted by Crippen LogP contribution is 2.18. The van der Waals surface area contributed by atoms with Gasteiger partial charge in [0, 0.05) is 25.3 Å². The van der Waals surface area contributed by atoms with Gasteiger partial charge in [-0.25, -0.2) is 0 Å². The highest BCUT2D eigenvalue weighted by atomic mass is 35.5. The third-order valence-electron chi connectivity index (χ3n) is 3.56. The third kappa shape index (κ3) is 3.70. The van der Waals surface area contributed by atoms with Crippen molar-refractivity contribution in [1.82, 2.24) is 14.7 Å². The molecule has 5 heteroatoms. The van der Waals surface area contributed by atoms with Crippen LogP contribution in [0, 0.1) is 5.92 Å². The number of nitrogens with two attached hydrogens (primary N) is 1. The van der Waals surface area contributed by atoms with Gasteiger partial charge in [-0.05, 0) is 51.8 Å². The molecule has 18 heavy (non-hydrogen) atoms. The summed E-state index contributed by atoms with van der Waals surface area (Å²) in [4.78, 5) is 2.51. The summed E-state index contributed by atoms with van der Waals surface area (Å²) < 4.78 is 2.12. The van der Waals surface area contributed by atoms with Crippen LogP contribution in [-0.2, 0) is 6.54 Å². The predicted molar refractivity (Wildman–Crippen MR) is 76.9 cm³/mol. The van der Waals surface area contributed by atoms with E-state index in [2.05, 4.69) is 34.6 Å². The Morgan fingerprint density at radius 3 is 2.94 bits per heavy atom. The van der Waals surface area contributed by atoms with E-state index in [1.54, 1.807) is 0 Å². The fraction of sp³-hybridized carbons (Fsp3) is 0.769. The summed E-state index contributed by atoms with van der Waals surface area (Å²) in [7, 11) is 0. The second kappa shape index (κ2) is 7.12. The highest BCUT2D eigenvalue weighted by molar-refractivity contribution is 5.85. The van der Waals surface area contributed by atoms with E-state index in [0.717, 1.165) is 19.6 Å². The molecule has 0 bridgehead atoms. The fourth-order valence-electron chi connectivity index (χ4n) is 2.65. The minimum Gasteiger partial charge on any atom is -0.330 e. The quantitative estimate of drug-likeness (QED) is 0.913. The summed E-state index contributed by atoms with van der Waals surface area (Å²) in [6.07, 6.45) is 4.47. The van der Waals surface area contributed by atoms with Gasteiger partial charge in [-0.2, -0.15) is 5.10 Å². The van der Waals surface area contributed by atoms with Crippen LogP contribution in [0.3, 0.4) is 0 Å². The molecule has 0 saturated carbocycles. The predicted octanol–water partition coefficient (Wildman–Crippen LogP) is 2.06. The monoisotopic (exact) mass is 272 g/mol.